The van der Waals surface area contributed by atoms with Crippen molar-refractivity contribution in [3.63, 3.8) is 0 Å². The van der Waals surface area contributed by atoms with Crippen LogP contribution < -0.4 is 0 Å². The first-order valence-corrected chi connectivity index (χ1v) is 11.0. The number of rotatable bonds is 5. The smallest absolute Gasteiger partial charge is 0.342 e. The van der Waals surface area contributed by atoms with Crippen molar-refractivity contribution in [2.24, 2.45) is 0 Å². The van der Waals surface area contributed by atoms with Crippen molar-refractivity contribution in [1.29, 1.82) is 0 Å². The van der Waals surface area contributed by atoms with Gasteiger partial charge in [0.1, 0.15) is 11.7 Å². The Hall–Kier alpha value is -4.08. The lowest BCUT2D eigenvalue weighted by atomic mass is 10.0. The number of fused-ring (bicyclic) bond motifs is 3. The van der Waals surface area contributed by atoms with E-state index >= 15 is 0 Å². The maximum absolute atomic E-state index is 13.9. The average molecular weight is 483 g/mol. The summed E-state index contributed by atoms with van der Waals surface area (Å²) < 4.78 is 38.0. The van der Waals surface area contributed by atoms with Crippen LogP contribution in [0.4, 0.5) is 8.78 Å². The summed E-state index contributed by atoms with van der Waals surface area (Å²) in [7, 11) is 0. The van der Waals surface area contributed by atoms with Crippen molar-refractivity contribution in [3.05, 3.63) is 71.2 Å². The maximum atomic E-state index is 13.9. The predicted octanol–water partition coefficient (Wildman–Crippen LogP) is 3.76. The van der Waals surface area contributed by atoms with E-state index in [0.717, 1.165) is 23.1 Å². The molecule has 0 spiro atoms. The molecule has 35 heavy (non-hydrogen) atoms. The minimum Gasteiger partial charge on any atom is -0.464 e. The highest BCUT2D eigenvalue weighted by Crippen LogP contribution is 2.34. The van der Waals surface area contributed by atoms with E-state index in [2.05, 4.69) is 9.97 Å². The van der Waals surface area contributed by atoms with Gasteiger partial charge in [-0.25, -0.2) is 23.4 Å². The standard InChI is InChI=1S/C25H23F2N3O5/c1-4-34-25(33)20-11-16-15-6-5-9-28-22(15)29-21(16)17(24(32)35-13(2)3)12-30(20)23(31)14-7-8-18(26)19(27)10-14/h5-10,12-13,20H,4,11H2,1-3H3,(H,28,29). The maximum Gasteiger partial charge on any atom is 0.342 e. The molecule has 182 valence electrons. The number of carbonyl (C=O) groups is 3. The molecular weight excluding hydrogens is 460 g/mol. The second-order valence-electron chi connectivity index (χ2n) is 8.19. The molecule has 0 aliphatic carbocycles. The molecule has 3 heterocycles. The number of aromatic amines is 1. The molecule has 1 N–H and O–H groups in total. The van der Waals surface area contributed by atoms with Crippen LogP contribution in [0.1, 0.15) is 42.4 Å². The highest BCUT2D eigenvalue weighted by atomic mass is 19.2. The van der Waals surface area contributed by atoms with Crippen molar-refractivity contribution in [3.8, 4) is 0 Å². The number of ether oxygens (including phenoxy) is 2. The summed E-state index contributed by atoms with van der Waals surface area (Å²) in [4.78, 5) is 48.0. The summed E-state index contributed by atoms with van der Waals surface area (Å²) in [6.45, 7) is 5.03. The normalized spacial score (nSPS) is 15.4. The van der Waals surface area contributed by atoms with Crippen LogP contribution in [0.2, 0.25) is 0 Å². The summed E-state index contributed by atoms with van der Waals surface area (Å²) in [5.41, 5.74) is 1.18. The first-order valence-electron chi connectivity index (χ1n) is 11.0. The van der Waals surface area contributed by atoms with Crippen molar-refractivity contribution >= 4 is 34.5 Å². The first kappa shape index (κ1) is 24.1. The van der Waals surface area contributed by atoms with Crippen LogP contribution in [0.15, 0.2) is 42.7 Å². The number of nitrogens with one attached hydrogen (secondary N) is 1. The van der Waals surface area contributed by atoms with Crippen molar-refractivity contribution in [1.82, 2.24) is 14.9 Å². The molecule has 1 aromatic carbocycles. The lowest BCUT2D eigenvalue weighted by Gasteiger charge is -2.26. The Labute approximate surface area is 199 Å². The van der Waals surface area contributed by atoms with E-state index < -0.39 is 41.6 Å². The largest absolute Gasteiger partial charge is 0.464 e. The number of pyridine rings is 1. The topological polar surface area (TPSA) is 102 Å². The Kier molecular flexibility index (Phi) is 6.63. The molecule has 0 saturated carbocycles. The summed E-state index contributed by atoms with van der Waals surface area (Å²) in [5.74, 6) is -4.61. The van der Waals surface area contributed by atoms with Gasteiger partial charge in [0.15, 0.2) is 11.6 Å². The van der Waals surface area contributed by atoms with Gasteiger partial charge in [-0.15, -0.1) is 0 Å². The van der Waals surface area contributed by atoms with E-state index in [-0.39, 0.29) is 24.2 Å². The zero-order valence-corrected chi connectivity index (χ0v) is 19.3. The van der Waals surface area contributed by atoms with E-state index in [0.29, 0.717) is 22.3 Å². The zero-order chi connectivity index (χ0) is 25.3. The van der Waals surface area contributed by atoms with E-state index in [1.165, 1.54) is 6.20 Å². The Morgan fingerprint density at radius 1 is 1.20 bits per heavy atom. The number of nitrogens with zero attached hydrogens (tertiary/aromatic N) is 2. The Balaban J connectivity index is 1.92. The van der Waals surface area contributed by atoms with Crippen molar-refractivity contribution in [2.75, 3.05) is 6.61 Å². The third-order valence-electron chi connectivity index (χ3n) is 5.47. The molecule has 1 aliphatic rings. The van der Waals surface area contributed by atoms with E-state index in [1.54, 1.807) is 39.1 Å². The summed E-state index contributed by atoms with van der Waals surface area (Å²) in [6.07, 6.45) is 2.28. The SMILES string of the molecule is CCOC(=O)C1Cc2c([nH]c3ncccc23)C(C(=O)OC(C)C)=CN1C(=O)c1ccc(F)c(F)c1. The van der Waals surface area contributed by atoms with E-state index in [4.69, 9.17) is 9.47 Å². The third kappa shape index (κ3) is 4.64. The van der Waals surface area contributed by atoms with Crippen LogP contribution in [-0.4, -0.2) is 51.5 Å². The minimum absolute atomic E-state index is 0.0190. The van der Waals surface area contributed by atoms with Gasteiger partial charge in [-0.05, 0) is 56.7 Å². The van der Waals surface area contributed by atoms with Gasteiger partial charge in [0.25, 0.3) is 5.91 Å². The molecule has 1 unspecified atom stereocenters. The fourth-order valence-corrected chi connectivity index (χ4v) is 3.95. The average Bonchev–Trinajstić information content (AvgIpc) is 3.08. The molecule has 1 atom stereocenters. The molecule has 1 aliphatic heterocycles. The highest BCUT2D eigenvalue weighted by Gasteiger charge is 2.38. The Bertz CT molecular complexity index is 1350. The number of aromatic nitrogens is 2. The molecule has 1 amide bonds. The van der Waals surface area contributed by atoms with Gasteiger partial charge in [-0.3, -0.25) is 9.69 Å². The number of hydrogen-bond donors (Lipinski definition) is 1. The molecule has 0 radical (unpaired) electrons. The van der Waals surface area contributed by atoms with Gasteiger partial charge in [-0.1, -0.05) is 0 Å². The summed E-state index contributed by atoms with van der Waals surface area (Å²) in [6, 6.07) is 4.95. The number of H-pyrrole nitrogens is 1. The monoisotopic (exact) mass is 483 g/mol. The van der Waals surface area contributed by atoms with E-state index in [9.17, 15) is 23.2 Å². The van der Waals surface area contributed by atoms with Crippen molar-refractivity contribution < 1.29 is 32.6 Å². The molecule has 10 heteroatoms. The second-order valence-corrected chi connectivity index (χ2v) is 8.19. The zero-order valence-electron chi connectivity index (χ0n) is 19.3. The van der Waals surface area contributed by atoms with Crippen LogP contribution in [0.5, 0.6) is 0 Å². The number of amides is 1. The van der Waals surface area contributed by atoms with Gasteiger partial charge >= 0.3 is 11.9 Å². The molecule has 4 rings (SSSR count). The number of carbonyl (C=O) groups excluding carboxylic acids is 3. The number of benzene rings is 1. The first-order chi connectivity index (χ1) is 16.7. The Morgan fingerprint density at radius 2 is 1.97 bits per heavy atom. The lowest BCUT2D eigenvalue weighted by molar-refractivity contribution is -0.148. The highest BCUT2D eigenvalue weighted by molar-refractivity contribution is 6.18. The lowest BCUT2D eigenvalue weighted by Crippen LogP contribution is -2.44. The molecule has 0 bridgehead atoms. The molecule has 0 fully saturated rings. The van der Waals surface area contributed by atoms with Gasteiger partial charge in [0.05, 0.1) is 24.0 Å². The fourth-order valence-electron chi connectivity index (χ4n) is 3.95. The number of esters is 2. The van der Waals surface area contributed by atoms with Crippen LogP contribution >= 0.6 is 0 Å². The van der Waals surface area contributed by atoms with Gasteiger partial charge < -0.3 is 14.5 Å². The minimum atomic E-state index is -1.22. The number of halogens is 2. The van der Waals surface area contributed by atoms with Crippen LogP contribution in [0.25, 0.3) is 16.6 Å². The molecule has 0 saturated heterocycles. The molecule has 8 nitrogen and oxygen atoms in total. The quantitative estimate of drug-likeness (QED) is 0.555. The van der Waals surface area contributed by atoms with Crippen LogP contribution in [0.3, 0.4) is 0 Å². The van der Waals surface area contributed by atoms with Gasteiger partial charge in [0, 0.05) is 29.8 Å². The van der Waals surface area contributed by atoms with E-state index in [1.807, 2.05) is 0 Å². The summed E-state index contributed by atoms with van der Waals surface area (Å²) in [5, 5.41) is 0.655. The predicted molar refractivity (Wildman–Crippen MR) is 122 cm³/mol. The fraction of sp³-hybridized carbons (Fsp3) is 0.280. The number of hydrogen-bond acceptors (Lipinski definition) is 6. The Morgan fingerprint density at radius 3 is 2.66 bits per heavy atom. The third-order valence-corrected chi connectivity index (χ3v) is 5.47. The van der Waals surface area contributed by atoms with Crippen LogP contribution in [-0.2, 0) is 25.5 Å². The summed E-state index contributed by atoms with van der Waals surface area (Å²) >= 11 is 0. The second kappa shape index (κ2) is 9.65. The van der Waals surface area contributed by atoms with Gasteiger partial charge in [0.2, 0.25) is 0 Å². The molecular formula is C25H23F2N3O5. The van der Waals surface area contributed by atoms with Crippen molar-refractivity contribution in [2.45, 2.75) is 39.3 Å². The van der Waals surface area contributed by atoms with Crippen LogP contribution in [0, 0.1) is 11.6 Å². The molecule has 2 aromatic heterocycles. The van der Waals surface area contributed by atoms with Gasteiger partial charge in [-0.2, -0.15) is 0 Å². The molecule has 3 aromatic rings.